The smallest absolute Gasteiger partial charge is 0.338 e. The SMILES string of the molecule is C.C.C[Si](C)(CCCOC(=O)c1ccc(C(=O)O)c(C(=O)O)c1)O[Si](C)(C)CCCOC(=O)c1ccc(C(=O)O)c(C(=O)O)c1. The standard InChI is InChI=1S/C28H34O13Si2.2CH4/c1-42(2,13-5-11-39-27(37)17-7-9-19(23(29)30)21(15-17)25(33)34)41-43(3,4)14-6-12-40-28(38)18-8-10-20(24(31)32)22(16-18)26(35)36;;/h7-10,15-16H,5-6,11-14H2,1-4H3,(H,29,30)(H,31,32)(H,33,34)(H,35,36);2*1H4. The van der Waals surface area contributed by atoms with Crippen LogP contribution in [0.2, 0.25) is 38.3 Å². The van der Waals surface area contributed by atoms with Gasteiger partial charge in [-0.3, -0.25) is 0 Å². The lowest BCUT2D eigenvalue weighted by Crippen LogP contribution is -2.44. The number of carboxylic acid groups (broad SMARTS) is 4. The van der Waals surface area contributed by atoms with Crippen molar-refractivity contribution in [3.63, 3.8) is 0 Å². The Morgan fingerprint density at radius 3 is 1.16 bits per heavy atom. The maximum absolute atomic E-state index is 12.4. The van der Waals surface area contributed by atoms with Crippen LogP contribution >= 0.6 is 0 Å². The summed E-state index contributed by atoms with van der Waals surface area (Å²) >= 11 is 0. The second kappa shape index (κ2) is 17.2. The Hall–Kier alpha value is -4.35. The van der Waals surface area contributed by atoms with Gasteiger partial charge in [-0.1, -0.05) is 14.9 Å². The predicted octanol–water partition coefficient (Wildman–Crippen LogP) is 5.97. The van der Waals surface area contributed by atoms with Gasteiger partial charge >= 0.3 is 35.8 Å². The van der Waals surface area contributed by atoms with Crippen LogP contribution < -0.4 is 0 Å². The van der Waals surface area contributed by atoms with Crippen LogP contribution in [0, 0.1) is 0 Å². The lowest BCUT2D eigenvalue weighted by molar-refractivity contribution is 0.0495. The van der Waals surface area contributed by atoms with Crippen LogP contribution in [0.5, 0.6) is 0 Å². The van der Waals surface area contributed by atoms with Crippen molar-refractivity contribution in [2.75, 3.05) is 13.2 Å². The Morgan fingerprint density at radius 1 is 0.556 bits per heavy atom. The van der Waals surface area contributed by atoms with E-state index >= 15 is 0 Å². The molecule has 0 unspecified atom stereocenters. The Balaban J connectivity index is 0.00000968. The molecule has 2 aromatic rings. The zero-order valence-corrected chi connectivity index (χ0v) is 26.2. The van der Waals surface area contributed by atoms with Crippen LogP contribution in [0.4, 0.5) is 0 Å². The monoisotopic (exact) mass is 666 g/mol. The molecule has 45 heavy (non-hydrogen) atoms. The number of rotatable bonds is 16. The van der Waals surface area contributed by atoms with Crippen molar-refractivity contribution in [3.8, 4) is 0 Å². The number of carbonyl (C=O) groups excluding carboxylic acids is 2. The molecule has 15 heteroatoms. The first-order valence-corrected chi connectivity index (χ1v) is 19.4. The first-order valence-electron chi connectivity index (χ1n) is 13.2. The number of aromatic carboxylic acids is 4. The molecule has 2 rings (SSSR count). The zero-order chi connectivity index (χ0) is 32.5. The Kier molecular flexibility index (Phi) is 15.6. The molecule has 4 N–H and O–H groups in total. The molecular formula is C30H42O13Si2. The summed E-state index contributed by atoms with van der Waals surface area (Å²) in [6, 6.07) is 7.79. The molecule has 0 fully saturated rings. The number of ether oxygens (including phenoxy) is 2. The van der Waals surface area contributed by atoms with Crippen LogP contribution in [-0.2, 0) is 13.6 Å². The number of carboxylic acids is 4. The van der Waals surface area contributed by atoms with Gasteiger partial charge in [0, 0.05) is 0 Å². The van der Waals surface area contributed by atoms with Crippen LogP contribution in [0.3, 0.4) is 0 Å². The highest BCUT2D eigenvalue weighted by molar-refractivity contribution is 6.84. The van der Waals surface area contributed by atoms with Crippen LogP contribution in [-0.4, -0.2) is 86.1 Å². The summed E-state index contributed by atoms with van der Waals surface area (Å²) in [5.41, 5.74) is -2.01. The predicted molar refractivity (Wildman–Crippen MR) is 170 cm³/mol. The van der Waals surface area contributed by atoms with Gasteiger partial charge in [0.25, 0.3) is 0 Å². The third kappa shape index (κ3) is 12.3. The molecule has 0 saturated carbocycles. The molecule has 0 amide bonds. The van der Waals surface area contributed by atoms with E-state index in [9.17, 15) is 39.0 Å². The van der Waals surface area contributed by atoms with E-state index in [1.54, 1.807) is 0 Å². The van der Waals surface area contributed by atoms with E-state index < -0.39 is 74.7 Å². The first-order chi connectivity index (χ1) is 19.9. The van der Waals surface area contributed by atoms with E-state index in [4.69, 9.17) is 23.8 Å². The first kappa shape index (κ1) is 40.7. The minimum atomic E-state index is -2.18. The van der Waals surface area contributed by atoms with Gasteiger partial charge in [0.05, 0.1) is 46.6 Å². The third-order valence-corrected chi connectivity index (χ3v) is 13.8. The molecular weight excluding hydrogens is 624 g/mol. The van der Waals surface area contributed by atoms with E-state index in [1.165, 1.54) is 12.1 Å². The molecule has 0 aromatic heterocycles. The molecule has 0 bridgehead atoms. The second-order valence-corrected chi connectivity index (χ2v) is 19.7. The average molecular weight is 667 g/mol. The molecule has 248 valence electrons. The number of esters is 2. The van der Waals surface area contributed by atoms with Crippen molar-refractivity contribution in [1.29, 1.82) is 0 Å². The average Bonchev–Trinajstić information content (AvgIpc) is 2.91. The molecule has 13 nitrogen and oxygen atoms in total. The second-order valence-electron chi connectivity index (χ2n) is 10.8. The van der Waals surface area contributed by atoms with E-state index in [2.05, 4.69) is 0 Å². The van der Waals surface area contributed by atoms with E-state index in [1.807, 2.05) is 26.2 Å². The van der Waals surface area contributed by atoms with E-state index in [0.29, 0.717) is 24.9 Å². The van der Waals surface area contributed by atoms with Crippen LogP contribution in [0.25, 0.3) is 0 Å². The van der Waals surface area contributed by atoms with Crippen LogP contribution in [0.1, 0.15) is 89.8 Å². The van der Waals surface area contributed by atoms with Crippen molar-refractivity contribution >= 4 is 52.5 Å². The minimum absolute atomic E-state index is 0. The van der Waals surface area contributed by atoms with Gasteiger partial charge in [-0.05, 0) is 87.5 Å². The summed E-state index contributed by atoms with van der Waals surface area (Å²) in [5, 5.41) is 36.7. The number of hydrogen-bond donors (Lipinski definition) is 4. The van der Waals surface area contributed by atoms with Gasteiger partial charge in [0.1, 0.15) is 0 Å². The molecule has 0 aliphatic heterocycles. The maximum Gasteiger partial charge on any atom is 0.338 e. The maximum atomic E-state index is 12.4. The van der Waals surface area contributed by atoms with Gasteiger partial charge in [-0.25, -0.2) is 28.8 Å². The number of carbonyl (C=O) groups is 6. The summed E-state index contributed by atoms with van der Waals surface area (Å²) in [7, 11) is -4.37. The van der Waals surface area contributed by atoms with Gasteiger partial charge in [-0.2, -0.15) is 0 Å². The molecule has 0 spiro atoms. The molecule has 0 atom stereocenters. The number of benzene rings is 2. The lowest BCUT2D eigenvalue weighted by atomic mass is 10.0. The fourth-order valence-electron chi connectivity index (χ4n) is 4.41. The van der Waals surface area contributed by atoms with E-state index in [0.717, 1.165) is 24.3 Å². The Labute approximate surface area is 264 Å². The zero-order valence-electron chi connectivity index (χ0n) is 24.2. The van der Waals surface area contributed by atoms with Gasteiger partial charge in [-0.15, -0.1) is 0 Å². The largest absolute Gasteiger partial charge is 0.478 e. The quantitative estimate of drug-likeness (QED) is 0.0924. The number of hydrogen-bond acceptors (Lipinski definition) is 9. The summed E-state index contributed by atoms with van der Waals surface area (Å²) in [4.78, 5) is 69.8. The lowest BCUT2D eigenvalue weighted by Gasteiger charge is -2.34. The van der Waals surface area contributed by atoms with Gasteiger partial charge in [0.15, 0.2) is 16.6 Å². The summed E-state index contributed by atoms with van der Waals surface area (Å²) in [5.74, 6) is -7.30. The molecule has 0 saturated heterocycles. The van der Waals surface area contributed by atoms with Crippen molar-refractivity contribution in [2.45, 2.75) is 66.0 Å². The molecule has 0 radical (unpaired) electrons. The van der Waals surface area contributed by atoms with Crippen molar-refractivity contribution in [3.05, 3.63) is 69.8 Å². The van der Waals surface area contributed by atoms with E-state index in [-0.39, 0.29) is 39.2 Å². The van der Waals surface area contributed by atoms with Crippen molar-refractivity contribution in [2.24, 2.45) is 0 Å². The highest BCUT2D eigenvalue weighted by Gasteiger charge is 2.32. The highest BCUT2D eigenvalue weighted by atomic mass is 28.4. The Morgan fingerprint density at radius 2 is 0.867 bits per heavy atom. The fourth-order valence-corrected chi connectivity index (χ4v) is 13.2. The minimum Gasteiger partial charge on any atom is -0.478 e. The van der Waals surface area contributed by atoms with Crippen LogP contribution in [0.15, 0.2) is 36.4 Å². The van der Waals surface area contributed by atoms with Crippen molar-refractivity contribution < 1.29 is 62.8 Å². The fraction of sp³-hybridized carbons (Fsp3) is 0.400. The van der Waals surface area contributed by atoms with Gasteiger partial charge in [0.2, 0.25) is 0 Å². The van der Waals surface area contributed by atoms with Gasteiger partial charge < -0.3 is 34.0 Å². The molecule has 0 heterocycles. The van der Waals surface area contributed by atoms with Crippen molar-refractivity contribution in [1.82, 2.24) is 0 Å². The normalized spacial score (nSPS) is 10.9. The Bertz CT molecular complexity index is 1310. The summed E-state index contributed by atoms with van der Waals surface area (Å²) in [6.07, 6.45) is 1.01. The molecule has 2 aromatic carbocycles. The topological polar surface area (TPSA) is 211 Å². The highest BCUT2D eigenvalue weighted by Crippen LogP contribution is 2.24. The molecule has 0 aliphatic carbocycles. The molecule has 0 aliphatic rings. The summed E-state index contributed by atoms with van der Waals surface area (Å²) < 4.78 is 17.0. The third-order valence-electron chi connectivity index (χ3n) is 6.30. The summed E-state index contributed by atoms with van der Waals surface area (Å²) in [6.45, 7) is 8.28.